The highest BCUT2D eigenvalue weighted by molar-refractivity contribution is 7.09. The van der Waals surface area contributed by atoms with Crippen molar-refractivity contribution < 1.29 is 4.74 Å². The number of nitrogens with zero attached hydrogens (tertiary/aromatic N) is 1. The van der Waals surface area contributed by atoms with Crippen LogP contribution in [0.3, 0.4) is 0 Å². The fraction of sp³-hybridized carbons (Fsp3) is 0.750. The molecule has 0 saturated carbocycles. The molecule has 1 aromatic heterocycles. The van der Waals surface area contributed by atoms with E-state index in [1.54, 1.807) is 11.3 Å². The topological polar surface area (TPSA) is 34.1 Å². The quantitative estimate of drug-likeness (QED) is 0.855. The van der Waals surface area contributed by atoms with Crippen molar-refractivity contribution in [3.05, 3.63) is 16.1 Å². The predicted molar refractivity (Wildman–Crippen MR) is 67.0 cm³/mol. The van der Waals surface area contributed by atoms with Crippen LogP contribution in [0, 0.1) is 0 Å². The Morgan fingerprint density at radius 3 is 3.25 bits per heavy atom. The van der Waals surface area contributed by atoms with Gasteiger partial charge in [-0.3, -0.25) is 0 Å². The minimum absolute atomic E-state index is 0.417. The summed E-state index contributed by atoms with van der Waals surface area (Å²) >= 11 is 1.77. The van der Waals surface area contributed by atoms with E-state index in [4.69, 9.17) is 4.74 Å². The molecule has 0 bridgehead atoms. The fourth-order valence-corrected chi connectivity index (χ4v) is 2.83. The molecule has 0 amide bonds. The van der Waals surface area contributed by atoms with Crippen LogP contribution in [0.2, 0.25) is 0 Å². The number of hydrogen-bond acceptors (Lipinski definition) is 4. The van der Waals surface area contributed by atoms with Gasteiger partial charge in [0.25, 0.3) is 0 Å². The highest BCUT2D eigenvalue weighted by Gasteiger charge is 2.17. The lowest BCUT2D eigenvalue weighted by molar-refractivity contribution is 0.111. The van der Waals surface area contributed by atoms with Crippen molar-refractivity contribution in [3.63, 3.8) is 0 Å². The molecule has 1 saturated heterocycles. The summed E-state index contributed by atoms with van der Waals surface area (Å²) in [5.41, 5.74) is 1.21. The Kier molecular flexibility index (Phi) is 4.32. The molecule has 2 rings (SSSR count). The van der Waals surface area contributed by atoms with Gasteiger partial charge in [0.05, 0.1) is 16.8 Å². The third kappa shape index (κ3) is 3.27. The number of aromatic nitrogens is 1. The van der Waals surface area contributed by atoms with Crippen LogP contribution >= 0.6 is 11.3 Å². The van der Waals surface area contributed by atoms with Gasteiger partial charge in [0.1, 0.15) is 0 Å². The Hall–Kier alpha value is -0.450. The highest BCUT2D eigenvalue weighted by Crippen LogP contribution is 2.20. The van der Waals surface area contributed by atoms with Gasteiger partial charge in [-0.15, -0.1) is 11.3 Å². The molecule has 1 aromatic rings. The van der Waals surface area contributed by atoms with Gasteiger partial charge in [0.2, 0.25) is 0 Å². The van der Waals surface area contributed by atoms with E-state index in [0.717, 1.165) is 19.4 Å². The third-order valence-electron chi connectivity index (χ3n) is 3.03. The second-order valence-electron chi connectivity index (χ2n) is 4.47. The Bertz CT molecular complexity index is 321. The molecule has 0 radical (unpaired) electrons. The molecule has 90 valence electrons. The van der Waals surface area contributed by atoms with Gasteiger partial charge in [-0.1, -0.05) is 0 Å². The molecule has 3 nitrogen and oxygen atoms in total. The zero-order valence-corrected chi connectivity index (χ0v) is 10.8. The van der Waals surface area contributed by atoms with Crippen LogP contribution in [-0.2, 0) is 17.6 Å². The lowest BCUT2D eigenvalue weighted by Gasteiger charge is -2.07. The molecule has 16 heavy (non-hydrogen) atoms. The van der Waals surface area contributed by atoms with E-state index in [1.807, 2.05) is 7.05 Å². The van der Waals surface area contributed by atoms with Gasteiger partial charge in [-0.25, -0.2) is 4.98 Å². The van der Waals surface area contributed by atoms with Crippen LogP contribution in [0.1, 0.15) is 30.5 Å². The molecule has 1 aliphatic heterocycles. The minimum atomic E-state index is 0.417. The van der Waals surface area contributed by atoms with Crippen LogP contribution in [0.4, 0.5) is 0 Å². The first-order valence-electron chi connectivity index (χ1n) is 6.00. The van der Waals surface area contributed by atoms with Crippen LogP contribution < -0.4 is 5.32 Å². The van der Waals surface area contributed by atoms with E-state index >= 15 is 0 Å². The van der Waals surface area contributed by atoms with E-state index in [0.29, 0.717) is 12.1 Å². The Morgan fingerprint density at radius 1 is 1.69 bits per heavy atom. The van der Waals surface area contributed by atoms with Crippen molar-refractivity contribution in [2.45, 2.75) is 44.8 Å². The van der Waals surface area contributed by atoms with E-state index in [9.17, 15) is 0 Å². The van der Waals surface area contributed by atoms with E-state index in [2.05, 4.69) is 22.6 Å². The maximum atomic E-state index is 5.62. The normalized spacial score (nSPS) is 22.5. The predicted octanol–water partition coefficient (Wildman–Crippen LogP) is 2.01. The van der Waals surface area contributed by atoms with Gasteiger partial charge in [0, 0.05) is 30.9 Å². The van der Waals surface area contributed by atoms with Crippen molar-refractivity contribution in [2.75, 3.05) is 13.7 Å². The summed E-state index contributed by atoms with van der Waals surface area (Å²) in [4.78, 5) is 4.66. The second-order valence-corrected chi connectivity index (χ2v) is 5.41. The van der Waals surface area contributed by atoms with Crippen molar-refractivity contribution in [1.82, 2.24) is 10.3 Å². The summed E-state index contributed by atoms with van der Waals surface area (Å²) in [5, 5.41) is 6.64. The van der Waals surface area contributed by atoms with E-state index in [1.165, 1.54) is 23.5 Å². The molecule has 0 aliphatic carbocycles. The van der Waals surface area contributed by atoms with Gasteiger partial charge < -0.3 is 10.1 Å². The SMILES string of the molecule is CNC(C)Cc1csc(CC2CCCO2)n1. The Balaban J connectivity index is 1.86. The van der Waals surface area contributed by atoms with E-state index < -0.39 is 0 Å². The third-order valence-corrected chi connectivity index (χ3v) is 3.95. The second kappa shape index (κ2) is 5.75. The zero-order valence-electron chi connectivity index (χ0n) is 10.0. The molecule has 0 spiro atoms. The first-order valence-corrected chi connectivity index (χ1v) is 6.88. The van der Waals surface area contributed by atoms with Crippen molar-refractivity contribution in [2.24, 2.45) is 0 Å². The molecule has 1 N–H and O–H groups in total. The molecule has 2 unspecified atom stereocenters. The lowest BCUT2D eigenvalue weighted by Crippen LogP contribution is -2.23. The summed E-state index contributed by atoms with van der Waals surface area (Å²) in [6, 6.07) is 0.498. The summed E-state index contributed by atoms with van der Waals surface area (Å²) in [5.74, 6) is 0. The molecule has 4 heteroatoms. The maximum Gasteiger partial charge on any atom is 0.0954 e. The largest absolute Gasteiger partial charge is 0.378 e. The average Bonchev–Trinajstić information content (AvgIpc) is 2.91. The molecule has 2 heterocycles. The van der Waals surface area contributed by atoms with E-state index in [-0.39, 0.29) is 0 Å². The maximum absolute atomic E-state index is 5.62. The molecular weight excluding hydrogens is 220 g/mol. The first kappa shape index (κ1) is 12.0. The molecule has 1 fully saturated rings. The van der Waals surface area contributed by atoms with Gasteiger partial charge >= 0.3 is 0 Å². The standard InChI is InChI=1S/C12H20N2OS/c1-9(13-2)6-10-8-16-12(14-10)7-11-4-3-5-15-11/h8-9,11,13H,3-7H2,1-2H3. The van der Waals surface area contributed by atoms with Gasteiger partial charge in [0.15, 0.2) is 0 Å². The number of likely N-dealkylation sites (N-methyl/N-ethyl adjacent to an activating group) is 1. The molecular formula is C12H20N2OS. The van der Waals surface area contributed by atoms with Gasteiger partial charge in [-0.05, 0) is 26.8 Å². The van der Waals surface area contributed by atoms with Crippen LogP contribution in [-0.4, -0.2) is 30.8 Å². The number of ether oxygens (including phenoxy) is 1. The van der Waals surface area contributed by atoms with Crippen molar-refractivity contribution in [1.29, 1.82) is 0 Å². The number of rotatable bonds is 5. The monoisotopic (exact) mass is 240 g/mol. The Labute approximate surface area is 101 Å². The average molecular weight is 240 g/mol. The Morgan fingerprint density at radius 2 is 2.56 bits per heavy atom. The van der Waals surface area contributed by atoms with Crippen LogP contribution in [0.5, 0.6) is 0 Å². The fourth-order valence-electron chi connectivity index (χ4n) is 1.95. The molecule has 1 aliphatic rings. The highest BCUT2D eigenvalue weighted by atomic mass is 32.1. The molecule has 0 aromatic carbocycles. The van der Waals surface area contributed by atoms with Crippen LogP contribution in [0.15, 0.2) is 5.38 Å². The first-order chi connectivity index (χ1) is 7.78. The zero-order chi connectivity index (χ0) is 11.4. The van der Waals surface area contributed by atoms with Crippen LogP contribution in [0.25, 0.3) is 0 Å². The number of nitrogens with one attached hydrogen (secondary N) is 1. The van der Waals surface area contributed by atoms with Crippen molar-refractivity contribution in [3.8, 4) is 0 Å². The summed E-state index contributed by atoms with van der Waals surface area (Å²) in [7, 11) is 1.99. The minimum Gasteiger partial charge on any atom is -0.378 e. The lowest BCUT2D eigenvalue weighted by atomic mass is 10.2. The summed E-state index contributed by atoms with van der Waals surface area (Å²) in [6.45, 7) is 3.11. The summed E-state index contributed by atoms with van der Waals surface area (Å²) < 4.78 is 5.62. The van der Waals surface area contributed by atoms with Gasteiger partial charge in [-0.2, -0.15) is 0 Å². The van der Waals surface area contributed by atoms with Crippen molar-refractivity contribution >= 4 is 11.3 Å². The molecule has 2 atom stereocenters. The summed E-state index contributed by atoms with van der Waals surface area (Å²) in [6.07, 6.45) is 4.83. The number of hydrogen-bond donors (Lipinski definition) is 1. The number of thiazole rings is 1. The smallest absolute Gasteiger partial charge is 0.0954 e.